The van der Waals surface area contributed by atoms with Gasteiger partial charge in [-0.05, 0) is 37.1 Å². The second kappa shape index (κ2) is 5.71. The molecule has 2 heterocycles. The smallest absolute Gasteiger partial charge is 0.157 e. The summed E-state index contributed by atoms with van der Waals surface area (Å²) in [6.45, 7) is 3.90. The number of benzene rings is 1. The summed E-state index contributed by atoms with van der Waals surface area (Å²) in [5, 5.41) is 19.4. The van der Waals surface area contributed by atoms with Crippen LogP contribution >= 0.6 is 11.8 Å². The number of thioether (sulfide) groups is 1. The Bertz CT molecular complexity index is 943. The number of rotatable bonds is 3. The second-order valence-corrected chi connectivity index (χ2v) is 6.36. The zero-order valence-electron chi connectivity index (χ0n) is 12.4. The Labute approximate surface area is 133 Å². The van der Waals surface area contributed by atoms with Crippen LogP contribution in [0.5, 0.6) is 0 Å². The number of imidazole rings is 1. The quantitative estimate of drug-likeness (QED) is 0.688. The monoisotopic (exact) mass is 306 g/mol. The number of fused-ring (bicyclic) bond motifs is 3. The molecule has 0 amide bonds. The third-order valence-electron chi connectivity index (χ3n) is 3.60. The van der Waals surface area contributed by atoms with Gasteiger partial charge in [0.2, 0.25) is 0 Å². The Morgan fingerprint density at radius 3 is 2.77 bits per heavy atom. The molecule has 0 radical (unpaired) electrons. The van der Waals surface area contributed by atoms with Crippen molar-refractivity contribution in [2.45, 2.75) is 30.5 Å². The van der Waals surface area contributed by atoms with Crippen LogP contribution in [-0.4, -0.2) is 14.6 Å². The predicted molar refractivity (Wildman–Crippen MR) is 87.7 cm³/mol. The lowest BCUT2D eigenvalue weighted by atomic mass is 10.1. The van der Waals surface area contributed by atoms with Crippen molar-refractivity contribution in [3.05, 3.63) is 41.5 Å². The highest BCUT2D eigenvalue weighted by molar-refractivity contribution is 8.00. The number of aryl methyl sites for hydroxylation is 1. The van der Waals surface area contributed by atoms with Crippen LogP contribution in [0.2, 0.25) is 0 Å². The van der Waals surface area contributed by atoms with Crippen LogP contribution in [0.1, 0.15) is 25.0 Å². The van der Waals surface area contributed by atoms with E-state index in [0.29, 0.717) is 11.2 Å². The summed E-state index contributed by atoms with van der Waals surface area (Å²) in [7, 11) is 0. The number of pyridine rings is 1. The number of hydrogen-bond acceptors (Lipinski definition) is 4. The van der Waals surface area contributed by atoms with Gasteiger partial charge < -0.3 is 0 Å². The molecule has 0 aliphatic carbocycles. The molecule has 1 atom stereocenters. The fraction of sp³-hybridized carbons (Fsp3) is 0.235. The van der Waals surface area contributed by atoms with Crippen LogP contribution in [0.3, 0.4) is 0 Å². The number of nitrogens with zero attached hydrogens (tertiary/aromatic N) is 4. The first-order chi connectivity index (χ1) is 10.7. The Morgan fingerprint density at radius 1 is 1.32 bits per heavy atom. The van der Waals surface area contributed by atoms with Crippen molar-refractivity contribution in [1.29, 1.82) is 10.5 Å². The topological polar surface area (TPSA) is 64.9 Å². The number of nitriles is 2. The van der Waals surface area contributed by atoms with Gasteiger partial charge in [0.05, 0.1) is 32.9 Å². The average Bonchev–Trinajstić information content (AvgIpc) is 2.93. The molecular formula is C17H14N4S. The van der Waals surface area contributed by atoms with Crippen molar-refractivity contribution in [2.75, 3.05) is 0 Å². The normalized spacial score (nSPS) is 12.2. The van der Waals surface area contributed by atoms with Gasteiger partial charge in [0.15, 0.2) is 5.65 Å². The van der Waals surface area contributed by atoms with E-state index < -0.39 is 0 Å². The molecule has 0 fully saturated rings. The molecule has 22 heavy (non-hydrogen) atoms. The first kappa shape index (κ1) is 14.4. The van der Waals surface area contributed by atoms with Crippen LogP contribution in [-0.2, 0) is 6.42 Å². The van der Waals surface area contributed by atoms with Crippen LogP contribution in [0.4, 0.5) is 0 Å². The van der Waals surface area contributed by atoms with Gasteiger partial charge in [-0.2, -0.15) is 10.5 Å². The maximum atomic E-state index is 9.53. The van der Waals surface area contributed by atoms with Gasteiger partial charge in [-0.3, -0.25) is 4.40 Å². The van der Waals surface area contributed by atoms with Gasteiger partial charge >= 0.3 is 0 Å². The van der Waals surface area contributed by atoms with E-state index in [1.54, 1.807) is 0 Å². The summed E-state index contributed by atoms with van der Waals surface area (Å²) in [6.07, 6.45) is 0.761. The van der Waals surface area contributed by atoms with Gasteiger partial charge in [0.1, 0.15) is 6.07 Å². The zero-order valence-corrected chi connectivity index (χ0v) is 13.2. The van der Waals surface area contributed by atoms with Crippen LogP contribution < -0.4 is 0 Å². The first-order valence-electron chi connectivity index (χ1n) is 7.09. The molecule has 1 aromatic carbocycles. The lowest BCUT2D eigenvalue weighted by Gasteiger charge is -2.11. The average molecular weight is 306 g/mol. The van der Waals surface area contributed by atoms with Gasteiger partial charge in [-0.15, -0.1) is 0 Å². The van der Waals surface area contributed by atoms with Crippen molar-refractivity contribution >= 4 is 28.4 Å². The maximum absolute atomic E-state index is 9.53. The van der Waals surface area contributed by atoms with Crippen molar-refractivity contribution in [3.63, 3.8) is 0 Å². The fourth-order valence-electron chi connectivity index (χ4n) is 2.54. The predicted octanol–water partition coefficient (Wildman–Crippen LogP) is 3.93. The Balaban J connectivity index is 2.43. The van der Waals surface area contributed by atoms with E-state index in [-0.39, 0.29) is 5.25 Å². The molecule has 4 nitrogen and oxygen atoms in total. The maximum Gasteiger partial charge on any atom is 0.157 e. The van der Waals surface area contributed by atoms with E-state index >= 15 is 0 Å². The number of para-hydroxylation sites is 2. The van der Waals surface area contributed by atoms with Gasteiger partial charge in [-0.1, -0.05) is 30.8 Å². The van der Waals surface area contributed by atoms with Crippen molar-refractivity contribution < 1.29 is 0 Å². The second-order valence-electron chi connectivity index (χ2n) is 5.00. The molecule has 0 N–H and O–H groups in total. The summed E-state index contributed by atoms with van der Waals surface area (Å²) in [5.41, 5.74) is 4.09. The minimum Gasteiger partial charge on any atom is -0.286 e. The summed E-state index contributed by atoms with van der Waals surface area (Å²) < 4.78 is 1.99. The summed E-state index contributed by atoms with van der Waals surface area (Å²) in [5.74, 6) is 0. The van der Waals surface area contributed by atoms with Crippen LogP contribution in [0.25, 0.3) is 16.7 Å². The van der Waals surface area contributed by atoms with Crippen molar-refractivity contribution in [2.24, 2.45) is 0 Å². The molecule has 5 heteroatoms. The van der Waals surface area contributed by atoms with E-state index in [2.05, 4.69) is 17.1 Å². The number of aromatic nitrogens is 2. The molecule has 0 spiro atoms. The highest BCUT2D eigenvalue weighted by Gasteiger charge is 2.17. The summed E-state index contributed by atoms with van der Waals surface area (Å²) in [6, 6.07) is 14.4. The molecule has 0 unspecified atom stereocenters. The Kier molecular flexibility index (Phi) is 3.75. The Morgan fingerprint density at radius 2 is 2.09 bits per heavy atom. The van der Waals surface area contributed by atoms with E-state index in [1.165, 1.54) is 11.8 Å². The van der Waals surface area contributed by atoms with Crippen LogP contribution in [0, 0.1) is 22.7 Å². The Hall–Kier alpha value is -2.50. The molecule has 0 bridgehead atoms. The van der Waals surface area contributed by atoms with Gasteiger partial charge in [0.25, 0.3) is 0 Å². The third kappa shape index (κ3) is 2.20. The van der Waals surface area contributed by atoms with Crippen LogP contribution in [0.15, 0.2) is 35.4 Å². The van der Waals surface area contributed by atoms with E-state index in [4.69, 9.17) is 5.26 Å². The third-order valence-corrected chi connectivity index (χ3v) is 4.60. The highest BCUT2D eigenvalue weighted by Crippen LogP contribution is 2.31. The van der Waals surface area contributed by atoms with Crippen molar-refractivity contribution in [1.82, 2.24) is 9.38 Å². The highest BCUT2D eigenvalue weighted by atomic mass is 32.2. The van der Waals surface area contributed by atoms with E-state index in [0.717, 1.165) is 28.0 Å². The summed E-state index contributed by atoms with van der Waals surface area (Å²) in [4.78, 5) is 4.63. The lowest BCUT2D eigenvalue weighted by Crippen LogP contribution is -2.01. The van der Waals surface area contributed by atoms with E-state index in [1.807, 2.05) is 48.6 Å². The molecule has 2 aromatic heterocycles. The minimum absolute atomic E-state index is 0.165. The zero-order chi connectivity index (χ0) is 15.7. The summed E-state index contributed by atoms with van der Waals surface area (Å²) >= 11 is 1.49. The standard InChI is InChI=1S/C17H14N4S/c1-3-12-8-16(22-11(2)9-18)21-15-7-5-4-6-14(15)20-17(21)13(12)10-19/h4-8,11H,3H2,1-2H3/t11-/m0/s1. The van der Waals surface area contributed by atoms with Gasteiger partial charge in [-0.25, -0.2) is 4.98 Å². The molecule has 108 valence electrons. The van der Waals surface area contributed by atoms with Gasteiger partial charge in [0, 0.05) is 0 Å². The largest absolute Gasteiger partial charge is 0.286 e. The first-order valence-corrected chi connectivity index (χ1v) is 7.97. The number of hydrogen-bond donors (Lipinski definition) is 0. The van der Waals surface area contributed by atoms with E-state index in [9.17, 15) is 5.26 Å². The molecule has 0 saturated heterocycles. The molecule has 3 rings (SSSR count). The van der Waals surface area contributed by atoms with Crippen molar-refractivity contribution in [3.8, 4) is 12.1 Å². The molecule has 0 saturated carbocycles. The fourth-order valence-corrected chi connectivity index (χ4v) is 3.46. The minimum atomic E-state index is -0.165. The molecule has 3 aromatic rings. The molecular weight excluding hydrogens is 292 g/mol. The molecule has 0 aliphatic rings. The lowest BCUT2D eigenvalue weighted by molar-refractivity contribution is 1.00. The molecule has 0 aliphatic heterocycles. The SMILES string of the molecule is CCc1cc(S[C@@H](C)C#N)n2c(nc3ccccc32)c1C#N.